The molecule has 13 rings (SSSR count). The van der Waals surface area contributed by atoms with Crippen LogP contribution in [0.15, 0.2) is 188 Å². The van der Waals surface area contributed by atoms with Crippen LogP contribution in [-0.4, -0.2) is 14.1 Å². The van der Waals surface area contributed by atoms with E-state index < -0.39 is 0 Å². The minimum Gasteiger partial charge on any atom is -0.313 e. The van der Waals surface area contributed by atoms with Gasteiger partial charge in [0.05, 0.1) is 26.9 Å². The van der Waals surface area contributed by atoms with E-state index in [0.717, 1.165) is 23.4 Å². The van der Waals surface area contributed by atoms with Gasteiger partial charge in [-0.1, -0.05) is 127 Å². The normalized spacial score (nSPS) is 14.7. The Morgan fingerprint density at radius 2 is 1.24 bits per heavy atom. The van der Waals surface area contributed by atoms with E-state index in [9.17, 15) is 0 Å². The van der Waals surface area contributed by atoms with Crippen molar-refractivity contribution in [1.82, 2.24) is 14.1 Å². The second-order valence-corrected chi connectivity index (χ2v) is 18.1. The molecule has 0 radical (unpaired) electrons. The van der Waals surface area contributed by atoms with Gasteiger partial charge in [0.15, 0.2) is 0 Å². The molecule has 1 unspecified atom stereocenters. The lowest BCUT2D eigenvalue weighted by molar-refractivity contribution is 0.881. The first-order valence-electron chi connectivity index (χ1n) is 21.9. The zero-order valence-electron chi connectivity index (χ0n) is 35.0. The topological polar surface area (TPSA) is 22.8 Å². The predicted octanol–water partition coefficient (Wildman–Crippen LogP) is 16.1. The molecule has 4 heteroatoms. The van der Waals surface area contributed by atoms with Gasteiger partial charge in [-0.05, 0) is 120 Å². The summed E-state index contributed by atoms with van der Waals surface area (Å²) in [5, 5.41) is 6.25. The van der Waals surface area contributed by atoms with Crippen molar-refractivity contribution in [2.75, 3.05) is 0 Å². The maximum Gasteiger partial charge on any atom is 0.0709 e. The van der Waals surface area contributed by atoms with Crippen LogP contribution in [0.25, 0.3) is 104 Å². The number of aromatic nitrogens is 3. The third kappa shape index (κ3) is 5.48. The maximum atomic E-state index is 5.07. The quantitative estimate of drug-likeness (QED) is 0.170. The van der Waals surface area contributed by atoms with E-state index >= 15 is 0 Å². The summed E-state index contributed by atoms with van der Waals surface area (Å²) in [6.07, 6.45) is 12.1. The summed E-state index contributed by atoms with van der Waals surface area (Å²) in [5.41, 5.74) is 20.1. The first-order valence-corrected chi connectivity index (χ1v) is 22.7. The number of nitrogens with zero attached hydrogens (tertiary/aromatic N) is 3. The fraction of sp³-hybridized carbons (Fsp3) is 0.0678. The van der Waals surface area contributed by atoms with E-state index in [1.807, 2.05) is 11.3 Å². The van der Waals surface area contributed by atoms with Crippen molar-refractivity contribution in [1.29, 1.82) is 0 Å². The number of pyridine rings is 1. The van der Waals surface area contributed by atoms with Gasteiger partial charge >= 0.3 is 0 Å². The van der Waals surface area contributed by atoms with Crippen LogP contribution in [0.3, 0.4) is 0 Å². The van der Waals surface area contributed by atoms with E-state index in [4.69, 9.17) is 4.98 Å². The van der Waals surface area contributed by atoms with Gasteiger partial charge < -0.3 is 9.13 Å². The molecule has 0 aliphatic heterocycles. The highest BCUT2D eigenvalue weighted by molar-refractivity contribution is 7.25. The molecule has 4 heterocycles. The average Bonchev–Trinajstić information content (AvgIpc) is 3.97. The molecule has 7 aromatic carbocycles. The van der Waals surface area contributed by atoms with Crippen molar-refractivity contribution in [3.8, 4) is 33.8 Å². The van der Waals surface area contributed by atoms with Gasteiger partial charge in [-0.15, -0.1) is 11.3 Å². The fourth-order valence-corrected chi connectivity index (χ4v) is 11.9. The number of hydrogen-bond acceptors (Lipinski definition) is 2. The molecule has 63 heavy (non-hydrogen) atoms. The Bertz CT molecular complexity index is 3810. The molecule has 2 aliphatic rings. The minimum absolute atomic E-state index is 0.331. The monoisotopic (exact) mass is 823 g/mol. The molecule has 0 amide bonds. The Labute approximate surface area is 369 Å². The zero-order valence-corrected chi connectivity index (χ0v) is 35.8. The third-order valence-corrected chi connectivity index (χ3v) is 14.8. The minimum atomic E-state index is 0.331. The Morgan fingerprint density at radius 3 is 2.11 bits per heavy atom. The van der Waals surface area contributed by atoms with E-state index in [0.29, 0.717) is 5.92 Å². The molecular weight excluding hydrogens is 783 g/mol. The van der Waals surface area contributed by atoms with Crippen LogP contribution in [-0.2, 0) is 0 Å². The molecule has 1 atom stereocenters. The molecule has 298 valence electrons. The van der Waals surface area contributed by atoms with Crippen molar-refractivity contribution < 1.29 is 0 Å². The van der Waals surface area contributed by atoms with Crippen LogP contribution >= 0.6 is 11.3 Å². The molecule has 0 spiro atoms. The molecule has 0 saturated heterocycles. The van der Waals surface area contributed by atoms with Crippen molar-refractivity contribution in [3.05, 3.63) is 216 Å². The predicted molar refractivity (Wildman–Crippen MR) is 268 cm³/mol. The van der Waals surface area contributed by atoms with Crippen LogP contribution < -0.4 is 0 Å². The molecule has 0 N–H and O–H groups in total. The third-order valence-electron chi connectivity index (χ3n) is 13.7. The van der Waals surface area contributed by atoms with Crippen molar-refractivity contribution in [2.45, 2.75) is 26.2 Å². The summed E-state index contributed by atoms with van der Waals surface area (Å²) in [6.45, 7) is 4.32. The smallest absolute Gasteiger partial charge is 0.0709 e. The van der Waals surface area contributed by atoms with Crippen LogP contribution in [0.4, 0.5) is 0 Å². The molecule has 3 nitrogen and oxygen atoms in total. The van der Waals surface area contributed by atoms with E-state index in [-0.39, 0.29) is 0 Å². The Hall–Kier alpha value is -7.53. The van der Waals surface area contributed by atoms with Gasteiger partial charge in [-0.25, -0.2) is 0 Å². The Kier molecular flexibility index (Phi) is 8.03. The second-order valence-electron chi connectivity index (χ2n) is 17.0. The lowest BCUT2D eigenvalue weighted by Crippen LogP contribution is -2.13. The molecule has 0 fully saturated rings. The van der Waals surface area contributed by atoms with E-state index in [2.05, 4.69) is 217 Å². The van der Waals surface area contributed by atoms with Crippen LogP contribution in [0.2, 0.25) is 0 Å². The van der Waals surface area contributed by atoms with Gasteiger partial charge in [0, 0.05) is 71.9 Å². The van der Waals surface area contributed by atoms with Gasteiger partial charge in [0.25, 0.3) is 0 Å². The standard InChI is InChI=1S/C59H41N3S/c1-3-13-42-36(2)61(55-22-10-8-20-48(42)55)40-25-28-57-51(32-40)49-21-9-11-23-56(49)62(57)41-26-29-58-52(33-41)53-34-54(60-35-59(53)63-58)39-15-12-14-37(30-39)38-24-27-47-45-18-5-4-16-43(45)44-17-6-7-19-46(44)50(47)31-38/h3-30,32-35,50H,31H2,1-2H3/b13-3-. The van der Waals surface area contributed by atoms with Gasteiger partial charge in [-0.2, -0.15) is 0 Å². The highest BCUT2D eigenvalue weighted by Crippen LogP contribution is 2.52. The first-order chi connectivity index (χ1) is 31.1. The van der Waals surface area contributed by atoms with Crippen molar-refractivity contribution in [3.63, 3.8) is 0 Å². The van der Waals surface area contributed by atoms with Gasteiger partial charge in [0.2, 0.25) is 0 Å². The molecule has 2 aliphatic carbocycles. The number of allylic oxidation sites excluding steroid dienone is 5. The van der Waals surface area contributed by atoms with E-state index in [1.165, 1.54) is 109 Å². The highest BCUT2D eigenvalue weighted by atomic mass is 32.1. The zero-order chi connectivity index (χ0) is 41.8. The van der Waals surface area contributed by atoms with Crippen molar-refractivity contribution >= 4 is 81.4 Å². The van der Waals surface area contributed by atoms with Crippen LogP contribution in [0.5, 0.6) is 0 Å². The lowest BCUT2D eigenvalue weighted by Gasteiger charge is -2.33. The van der Waals surface area contributed by atoms with Crippen LogP contribution in [0.1, 0.15) is 47.2 Å². The maximum absolute atomic E-state index is 5.07. The fourth-order valence-electron chi connectivity index (χ4n) is 10.8. The number of thiophene rings is 1. The highest BCUT2D eigenvalue weighted by Gasteiger charge is 2.31. The van der Waals surface area contributed by atoms with Crippen LogP contribution in [0, 0.1) is 6.92 Å². The number of rotatable bonds is 5. The number of para-hydroxylation sites is 2. The SMILES string of the molecule is C/C=C\c1c(C)n(-c2ccc3c(c2)c2ccccc2n3-c2ccc3sc4cnc(-c5cccc(C6=CC=C7c8ccccc8-c8ccccc8C7C6)c5)cc4c3c2)c2ccccc12. The summed E-state index contributed by atoms with van der Waals surface area (Å²) in [5.74, 6) is 0.331. The first kappa shape index (κ1) is 36.2. The number of fused-ring (bicyclic) bond motifs is 13. The lowest BCUT2D eigenvalue weighted by atomic mass is 9.70. The largest absolute Gasteiger partial charge is 0.313 e. The summed E-state index contributed by atoms with van der Waals surface area (Å²) in [6, 6.07) is 60.7. The molecule has 0 saturated carbocycles. The van der Waals surface area contributed by atoms with Crippen molar-refractivity contribution in [2.24, 2.45) is 0 Å². The molecular formula is C59H41N3S. The average molecular weight is 824 g/mol. The number of hydrogen-bond donors (Lipinski definition) is 0. The second kappa shape index (κ2) is 14.0. The van der Waals surface area contributed by atoms with Gasteiger partial charge in [0.1, 0.15) is 0 Å². The summed E-state index contributed by atoms with van der Waals surface area (Å²) in [4.78, 5) is 5.07. The summed E-state index contributed by atoms with van der Waals surface area (Å²) >= 11 is 1.82. The Morgan fingerprint density at radius 1 is 0.556 bits per heavy atom. The summed E-state index contributed by atoms with van der Waals surface area (Å²) < 4.78 is 7.32. The Balaban J connectivity index is 0.895. The molecule has 4 aromatic heterocycles. The van der Waals surface area contributed by atoms with E-state index in [1.54, 1.807) is 0 Å². The molecule has 11 aromatic rings. The van der Waals surface area contributed by atoms with Gasteiger partial charge in [-0.3, -0.25) is 4.98 Å². The summed E-state index contributed by atoms with van der Waals surface area (Å²) in [7, 11) is 0. The molecule has 0 bridgehead atoms. The number of benzene rings is 7.